The maximum atomic E-state index is 12.5. The monoisotopic (exact) mass is 448 g/mol. The first-order chi connectivity index (χ1) is 16.1. The Morgan fingerprint density at radius 1 is 1.03 bits per heavy atom. The van der Waals surface area contributed by atoms with Gasteiger partial charge in [0.1, 0.15) is 23.8 Å². The van der Waals surface area contributed by atoms with Gasteiger partial charge in [0.15, 0.2) is 5.82 Å². The van der Waals surface area contributed by atoms with Crippen molar-refractivity contribution in [1.29, 1.82) is 0 Å². The number of piperidine rings is 1. The van der Waals surface area contributed by atoms with Gasteiger partial charge in [-0.3, -0.25) is 9.59 Å². The molecule has 1 aromatic heterocycles. The Labute approximate surface area is 192 Å². The van der Waals surface area contributed by atoms with E-state index in [0.717, 1.165) is 42.8 Å². The topological polar surface area (TPSA) is 97.4 Å². The summed E-state index contributed by atoms with van der Waals surface area (Å²) in [5, 5.41) is 8.24. The summed E-state index contributed by atoms with van der Waals surface area (Å²) >= 11 is 0. The minimum absolute atomic E-state index is 0.0736. The highest BCUT2D eigenvalue weighted by Crippen LogP contribution is 2.20. The maximum absolute atomic E-state index is 12.5. The van der Waals surface area contributed by atoms with E-state index in [9.17, 15) is 9.59 Å². The van der Waals surface area contributed by atoms with Crippen LogP contribution in [-0.2, 0) is 17.8 Å². The second-order valence-electron chi connectivity index (χ2n) is 8.06. The van der Waals surface area contributed by atoms with Gasteiger partial charge in [-0.15, -0.1) is 10.2 Å². The molecular formula is C25H28N4O4. The molecule has 3 aromatic rings. The zero-order valence-electron chi connectivity index (χ0n) is 18.8. The van der Waals surface area contributed by atoms with Crippen molar-refractivity contribution in [3.05, 3.63) is 70.1 Å². The fourth-order valence-corrected chi connectivity index (χ4v) is 3.82. The van der Waals surface area contributed by atoms with Crippen molar-refractivity contribution >= 4 is 5.91 Å². The summed E-state index contributed by atoms with van der Waals surface area (Å²) in [7, 11) is 1.63. The second kappa shape index (κ2) is 10.8. The molecule has 1 N–H and O–H groups in total. The van der Waals surface area contributed by atoms with Crippen molar-refractivity contribution in [3.8, 4) is 22.9 Å². The first-order valence-corrected chi connectivity index (χ1v) is 11.2. The quantitative estimate of drug-likeness (QED) is 0.568. The van der Waals surface area contributed by atoms with Gasteiger partial charge in [-0.1, -0.05) is 12.1 Å². The van der Waals surface area contributed by atoms with Crippen LogP contribution in [0.25, 0.3) is 11.4 Å². The molecule has 1 aliphatic rings. The molecule has 1 amide bonds. The summed E-state index contributed by atoms with van der Waals surface area (Å²) < 4.78 is 11.1. The predicted octanol–water partition coefficient (Wildman–Crippen LogP) is 3.36. The van der Waals surface area contributed by atoms with Crippen LogP contribution in [0.15, 0.2) is 53.3 Å². The van der Waals surface area contributed by atoms with Crippen LogP contribution in [0.1, 0.15) is 36.9 Å². The summed E-state index contributed by atoms with van der Waals surface area (Å²) in [6.45, 7) is 2.02. The maximum Gasteiger partial charge on any atom is 0.273 e. The number of benzene rings is 2. The van der Waals surface area contributed by atoms with Gasteiger partial charge < -0.3 is 19.4 Å². The molecule has 8 nitrogen and oxygen atoms in total. The van der Waals surface area contributed by atoms with Crippen LogP contribution in [0.5, 0.6) is 11.5 Å². The molecular weight excluding hydrogens is 420 g/mol. The van der Waals surface area contributed by atoms with E-state index >= 15 is 0 Å². The minimum atomic E-state index is -0.315. The lowest BCUT2D eigenvalue weighted by molar-refractivity contribution is -0.132. The third-order valence-corrected chi connectivity index (χ3v) is 5.72. The number of hydrogen-bond donors (Lipinski definition) is 1. The molecule has 2 aromatic carbocycles. The van der Waals surface area contributed by atoms with Crippen LogP contribution < -0.4 is 15.0 Å². The molecule has 0 radical (unpaired) electrons. The highest BCUT2D eigenvalue weighted by atomic mass is 16.5. The van der Waals surface area contributed by atoms with E-state index in [4.69, 9.17) is 9.47 Å². The average Bonchev–Trinajstić information content (AvgIpc) is 2.87. The summed E-state index contributed by atoms with van der Waals surface area (Å²) in [5.74, 6) is 1.94. The standard InChI is InChI=1S/C25H28N4O4/c1-32-21-7-5-6-18(16-21)17-33-20-10-8-19(9-11-20)24-26-25(31)22(27-28-24)12-13-23(30)29-14-3-2-4-15-29/h5-11,16H,2-4,12-15,17H2,1H3,(H,26,28,31). The molecule has 0 atom stereocenters. The van der Waals surface area contributed by atoms with Gasteiger partial charge in [0.25, 0.3) is 5.56 Å². The Morgan fingerprint density at radius 3 is 2.55 bits per heavy atom. The zero-order valence-corrected chi connectivity index (χ0v) is 18.8. The lowest BCUT2D eigenvalue weighted by Gasteiger charge is -2.26. The molecule has 0 unspecified atom stereocenters. The molecule has 1 fully saturated rings. The van der Waals surface area contributed by atoms with Crippen molar-refractivity contribution in [3.63, 3.8) is 0 Å². The zero-order chi connectivity index (χ0) is 23.0. The molecule has 1 saturated heterocycles. The molecule has 172 valence electrons. The molecule has 0 bridgehead atoms. The molecule has 0 aliphatic carbocycles. The minimum Gasteiger partial charge on any atom is -0.497 e. The van der Waals surface area contributed by atoms with E-state index in [2.05, 4.69) is 15.2 Å². The number of likely N-dealkylation sites (tertiary alicyclic amines) is 1. The summed E-state index contributed by atoms with van der Waals surface area (Å²) in [4.78, 5) is 29.4. The van der Waals surface area contributed by atoms with E-state index in [1.807, 2.05) is 53.4 Å². The number of nitrogens with one attached hydrogen (secondary N) is 1. The molecule has 8 heteroatoms. The number of aromatic nitrogens is 3. The first kappa shape index (κ1) is 22.5. The number of methoxy groups -OCH3 is 1. The molecule has 33 heavy (non-hydrogen) atoms. The summed E-state index contributed by atoms with van der Waals surface area (Å²) in [6, 6.07) is 15.0. The lowest BCUT2D eigenvalue weighted by Crippen LogP contribution is -2.36. The van der Waals surface area contributed by atoms with Crippen LogP contribution in [0.2, 0.25) is 0 Å². The summed E-state index contributed by atoms with van der Waals surface area (Å²) in [5.41, 5.74) is 1.69. The number of carbonyl (C=O) groups excluding carboxylic acids is 1. The van der Waals surface area contributed by atoms with Gasteiger partial charge in [0.2, 0.25) is 5.91 Å². The number of ether oxygens (including phenoxy) is 2. The van der Waals surface area contributed by atoms with E-state index in [1.165, 1.54) is 6.42 Å². The third kappa shape index (κ3) is 5.97. The largest absolute Gasteiger partial charge is 0.497 e. The lowest BCUT2D eigenvalue weighted by atomic mass is 10.1. The third-order valence-electron chi connectivity index (χ3n) is 5.72. The number of amides is 1. The second-order valence-corrected chi connectivity index (χ2v) is 8.06. The van der Waals surface area contributed by atoms with E-state index in [1.54, 1.807) is 7.11 Å². The number of rotatable bonds is 8. The number of H-pyrrole nitrogens is 1. The van der Waals surface area contributed by atoms with Crippen LogP contribution in [0, 0.1) is 0 Å². The Balaban J connectivity index is 1.34. The van der Waals surface area contributed by atoms with Crippen LogP contribution in [0.3, 0.4) is 0 Å². The fraction of sp³-hybridized carbons (Fsp3) is 0.360. The number of aryl methyl sites for hydroxylation is 1. The van der Waals surface area contributed by atoms with Gasteiger partial charge in [0, 0.05) is 31.5 Å². The van der Waals surface area contributed by atoms with Gasteiger partial charge in [0.05, 0.1) is 7.11 Å². The van der Waals surface area contributed by atoms with E-state index in [0.29, 0.717) is 18.2 Å². The van der Waals surface area contributed by atoms with Crippen LogP contribution in [0.4, 0.5) is 0 Å². The Hall–Kier alpha value is -3.68. The van der Waals surface area contributed by atoms with Crippen LogP contribution in [-0.4, -0.2) is 46.2 Å². The number of aromatic amines is 1. The van der Waals surface area contributed by atoms with Crippen molar-refractivity contribution in [2.45, 2.75) is 38.7 Å². The van der Waals surface area contributed by atoms with Gasteiger partial charge >= 0.3 is 0 Å². The highest BCUT2D eigenvalue weighted by Gasteiger charge is 2.17. The molecule has 0 saturated carbocycles. The normalized spacial score (nSPS) is 13.5. The Morgan fingerprint density at radius 2 is 1.82 bits per heavy atom. The van der Waals surface area contributed by atoms with E-state index < -0.39 is 0 Å². The smallest absolute Gasteiger partial charge is 0.273 e. The SMILES string of the molecule is COc1cccc(COc2ccc(-c3nnc(CCC(=O)N4CCCCC4)c(=O)[nH]3)cc2)c1. The number of carbonyl (C=O) groups is 1. The van der Waals surface area contributed by atoms with Crippen molar-refractivity contribution in [2.24, 2.45) is 0 Å². The van der Waals surface area contributed by atoms with Gasteiger partial charge in [-0.05, 0) is 61.2 Å². The average molecular weight is 449 g/mol. The number of nitrogens with zero attached hydrogens (tertiary/aromatic N) is 3. The van der Waals surface area contributed by atoms with Crippen LogP contribution >= 0.6 is 0 Å². The fourth-order valence-electron chi connectivity index (χ4n) is 3.82. The van der Waals surface area contributed by atoms with Crippen molar-refractivity contribution in [2.75, 3.05) is 20.2 Å². The highest BCUT2D eigenvalue weighted by molar-refractivity contribution is 5.76. The molecule has 4 rings (SSSR count). The predicted molar refractivity (Wildman–Crippen MR) is 124 cm³/mol. The van der Waals surface area contributed by atoms with Gasteiger partial charge in [-0.25, -0.2) is 0 Å². The van der Waals surface area contributed by atoms with Gasteiger partial charge in [-0.2, -0.15) is 0 Å². The molecule has 2 heterocycles. The molecule has 1 aliphatic heterocycles. The number of hydrogen-bond acceptors (Lipinski definition) is 6. The first-order valence-electron chi connectivity index (χ1n) is 11.2. The molecule has 0 spiro atoms. The van der Waals surface area contributed by atoms with Crippen molar-refractivity contribution in [1.82, 2.24) is 20.1 Å². The van der Waals surface area contributed by atoms with E-state index in [-0.39, 0.29) is 30.0 Å². The Kier molecular flexibility index (Phi) is 7.34. The summed E-state index contributed by atoms with van der Waals surface area (Å²) in [6.07, 6.45) is 3.83. The van der Waals surface area contributed by atoms with Crippen molar-refractivity contribution < 1.29 is 14.3 Å². The Bertz CT molecular complexity index is 1140.